The van der Waals surface area contributed by atoms with E-state index in [1.807, 2.05) is 35.3 Å². The van der Waals surface area contributed by atoms with Gasteiger partial charge in [-0.2, -0.15) is 0 Å². The number of rotatable bonds is 6. The van der Waals surface area contributed by atoms with E-state index in [2.05, 4.69) is 35.6 Å². The summed E-state index contributed by atoms with van der Waals surface area (Å²) in [5.74, 6) is 0.736. The van der Waals surface area contributed by atoms with Crippen LogP contribution in [-0.4, -0.2) is 53.8 Å². The number of hydrogen-bond acceptors (Lipinski definition) is 9. The molecule has 0 aliphatic carbocycles. The Morgan fingerprint density at radius 2 is 1.79 bits per heavy atom. The number of nitrogens with one attached hydrogen (secondary N) is 2. The number of amidine groups is 1. The normalized spacial score (nSPS) is 15.3. The molecule has 0 atom stereocenters. The van der Waals surface area contributed by atoms with Crippen LogP contribution in [0.2, 0.25) is 5.02 Å². The van der Waals surface area contributed by atoms with E-state index in [0.29, 0.717) is 53.6 Å². The highest BCUT2D eigenvalue weighted by Crippen LogP contribution is 2.27. The average Bonchev–Trinajstić information content (AvgIpc) is 3.44. The number of hydrazine groups is 1. The van der Waals surface area contributed by atoms with Crippen molar-refractivity contribution in [2.24, 2.45) is 4.99 Å². The molecule has 0 amide bonds. The first-order valence-electron chi connectivity index (χ1n) is 12.2. The smallest absolute Gasteiger partial charge is 0.227 e. The molecule has 2 aliphatic heterocycles. The number of pyridine rings is 1. The van der Waals surface area contributed by atoms with Crippen LogP contribution in [0.15, 0.2) is 78.0 Å². The predicted molar refractivity (Wildman–Crippen MR) is 146 cm³/mol. The summed E-state index contributed by atoms with van der Waals surface area (Å²) in [7, 11) is 0. The lowest BCUT2D eigenvalue weighted by atomic mass is 10.1. The van der Waals surface area contributed by atoms with Gasteiger partial charge in [-0.1, -0.05) is 11.6 Å². The van der Waals surface area contributed by atoms with Gasteiger partial charge in [0.2, 0.25) is 5.95 Å². The molecule has 0 spiro atoms. The number of anilines is 4. The molecule has 4 aromatic rings. The van der Waals surface area contributed by atoms with Crippen LogP contribution < -0.4 is 20.7 Å². The minimum Gasteiger partial charge on any atom is -0.378 e. The van der Waals surface area contributed by atoms with Gasteiger partial charge in [-0.3, -0.25) is 15.4 Å². The number of aliphatic imine (C=N–C) groups is 1. The fourth-order valence-corrected chi connectivity index (χ4v) is 4.54. The Morgan fingerprint density at radius 3 is 2.61 bits per heavy atom. The molecule has 9 nitrogen and oxygen atoms in total. The van der Waals surface area contributed by atoms with Crippen molar-refractivity contribution in [1.29, 1.82) is 0 Å². The van der Waals surface area contributed by atoms with Crippen molar-refractivity contribution < 1.29 is 9.13 Å². The second-order valence-electron chi connectivity index (χ2n) is 8.76. The van der Waals surface area contributed by atoms with Gasteiger partial charge in [-0.25, -0.2) is 19.4 Å². The number of halogens is 2. The maximum absolute atomic E-state index is 14.5. The summed E-state index contributed by atoms with van der Waals surface area (Å²) in [5.41, 5.74) is 7.73. The highest BCUT2D eigenvalue weighted by Gasteiger charge is 2.20. The van der Waals surface area contributed by atoms with Gasteiger partial charge >= 0.3 is 0 Å². The molecule has 1 fully saturated rings. The molecular formula is C27H24ClFN8O. The zero-order chi connectivity index (χ0) is 25.9. The predicted octanol–water partition coefficient (Wildman–Crippen LogP) is 4.64. The van der Waals surface area contributed by atoms with E-state index >= 15 is 0 Å². The summed E-state index contributed by atoms with van der Waals surface area (Å²) in [6.07, 6.45) is 3.34. The van der Waals surface area contributed by atoms with Gasteiger partial charge in [0.05, 0.1) is 29.6 Å². The van der Waals surface area contributed by atoms with E-state index in [9.17, 15) is 4.39 Å². The maximum Gasteiger partial charge on any atom is 0.227 e. The number of morpholine rings is 1. The number of benzene rings is 2. The summed E-state index contributed by atoms with van der Waals surface area (Å²) < 4.78 is 19.9. The molecule has 192 valence electrons. The van der Waals surface area contributed by atoms with E-state index in [-0.39, 0.29) is 5.82 Å². The second-order valence-corrected chi connectivity index (χ2v) is 9.16. The van der Waals surface area contributed by atoms with Crippen molar-refractivity contribution >= 4 is 40.4 Å². The Labute approximate surface area is 224 Å². The minimum atomic E-state index is -0.305. The quantitative estimate of drug-likeness (QED) is 0.372. The standard InChI is InChI=1S/C27H24ClFN8O/c28-23-2-1-8-30-25(23)26-32-17-37(35-26)21-5-3-20(4-6-21)33-27-31-9-7-24(34-27)18-14-19(29)16-22(15-18)36-10-12-38-13-11-36/h1-9,14-16H,10-13,17H2,(H,32,35)(H,31,33,34). The Balaban J connectivity index is 1.14. The number of ether oxygens (including phenoxy) is 1. The summed E-state index contributed by atoms with van der Waals surface area (Å²) in [4.78, 5) is 19.9. The van der Waals surface area contributed by atoms with E-state index < -0.39 is 0 Å². The fraction of sp³-hybridized carbons (Fsp3) is 0.185. The molecule has 1 saturated heterocycles. The molecule has 0 unspecified atom stereocenters. The van der Waals surface area contributed by atoms with Gasteiger partial charge in [0, 0.05) is 42.4 Å². The number of hydrogen-bond donors (Lipinski definition) is 2. The molecule has 0 radical (unpaired) electrons. The lowest BCUT2D eigenvalue weighted by Gasteiger charge is -2.29. The third kappa shape index (κ3) is 5.22. The summed E-state index contributed by atoms with van der Waals surface area (Å²) in [6.45, 7) is 3.15. The van der Waals surface area contributed by atoms with Crippen LogP contribution in [0, 0.1) is 5.82 Å². The van der Waals surface area contributed by atoms with Gasteiger partial charge in [-0.05, 0) is 60.7 Å². The Kier molecular flexibility index (Phi) is 6.72. The molecule has 2 N–H and O–H groups in total. The zero-order valence-electron chi connectivity index (χ0n) is 20.3. The summed E-state index contributed by atoms with van der Waals surface area (Å²) in [5, 5.41) is 5.67. The van der Waals surface area contributed by atoms with Gasteiger partial charge < -0.3 is 15.0 Å². The van der Waals surface area contributed by atoms with Crippen molar-refractivity contribution in [2.45, 2.75) is 0 Å². The fourth-order valence-electron chi connectivity index (χ4n) is 4.33. The number of aromatic nitrogens is 3. The first kappa shape index (κ1) is 24.1. The Hall–Kier alpha value is -4.28. The van der Waals surface area contributed by atoms with Crippen LogP contribution in [0.25, 0.3) is 11.3 Å². The minimum absolute atomic E-state index is 0.305. The second kappa shape index (κ2) is 10.6. The highest BCUT2D eigenvalue weighted by atomic mass is 35.5. The van der Waals surface area contributed by atoms with E-state index in [1.54, 1.807) is 36.7 Å². The van der Waals surface area contributed by atoms with Crippen molar-refractivity contribution in [2.75, 3.05) is 48.2 Å². The lowest BCUT2D eigenvalue weighted by Crippen LogP contribution is -2.36. The lowest BCUT2D eigenvalue weighted by molar-refractivity contribution is 0.122. The van der Waals surface area contributed by atoms with E-state index in [0.717, 1.165) is 30.2 Å². The van der Waals surface area contributed by atoms with Crippen LogP contribution in [0.1, 0.15) is 5.69 Å². The van der Waals surface area contributed by atoms with Crippen LogP contribution in [0.3, 0.4) is 0 Å². The third-order valence-corrected chi connectivity index (χ3v) is 6.54. The van der Waals surface area contributed by atoms with Crippen molar-refractivity contribution in [3.8, 4) is 11.3 Å². The molecule has 6 rings (SSSR count). The summed E-state index contributed by atoms with van der Waals surface area (Å²) in [6, 6.07) is 18.1. The zero-order valence-corrected chi connectivity index (χ0v) is 21.1. The van der Waals surface area contributed by atoms with Gasteiger partial charge in [-0.15, -0.1) is 0 Å². The first-order chi connectivity index (χ1) is 18.6. The molecule has 11 heteroatoms. The molecule has 2 aromatic carbocycles. The van der Waals surface area contributed by atoms with Crippen molar-refractivity contribution in [1.82, 2.24) is 20.4 Å². The average molecular weight is 531 g/mol. The van der Waals surface area contributed by atoms with Crippen LogP contribution in [0.4, 0.5) is 27.4 Å². The first-order valence-corrected chi connectivity index (χ1v) is 12.5. The van der Waals surface area contributed by atoms with Crippen LogP contribution in [0.5, 0.6) is 0 Å². The van der Waals surface area contributed by atoms with Crippen LogP contribution >= 0.6 is 11.6 Å². The monoisotopic (exact) mass is 530 g/mol. The largest absolute Gasteiger partial charge is 0.378 e. The van der Waals surface area contributed by atoms with Gasteiger partial charge in [0.25, 0.3) is 0 Å². The van der Waals surface area contributed by atoms with Crippen LogP contribution in [-0.2, 0) is 4.74 Å². The van der Waals surface area contributed by atoms with Crippen molar-refractivity contribution in [3.63, 3.8) is 0 Å². The summed E-state index contributed by atoms with van der Waals surface area (Å²) >= 11 is 6.25. The maximum atomic E-state index is 14.5. The molecule has 4 heterocycles. The molecule has 38 heavy (non-hydrogen) atoms. The van der Waals surface area contributed by atoms with E-state index in [1.165, 1.54) is 6.07 Å². The molecule has 0 bridgehead atoms. The molecular weight excluding hydrogens is 507 g/mol. The third-order valence-electron chi connectivity index (χ3n) is 6.24. The van der Waals surface area contributed by atoms with Gasteiger partial charge in [0.15, 0.2) is 5.84 Å². The Bertz CT molecular complexity index is 1480. The van der Waals surface area contributed by atoms with Crippen molar-refractivity contribution in [3.05, 3.63) is 89.6 Å². The molecule has 2 aliphatic rings. The molecule has 0 saturated carbocycles. The van der Waals surface area contributed by atoms with Gasteiger partial charge in [0.1, 0.15) is 18.2 Å². The molecule has 2 aromatic heterocycles. The number of nitrogens with zero attached hydrogens (tertiary/aromatic N) is 6. The SMILES string of the molecule is Fc1cc(-c2ccnc(Nc3ccc(N4CN=C(c5ncccc5Cl)N4)cc3)n2)cc(N2CCOCC2)c1. The topological polar surface area (TPSA) is 90.8 Å². The Morgan fingerprint density at radius 1 is 0.947 bits per heavy atom. The van der Waals surface area contributed by atoms with E-state index in [4.69, 9.17) is 16.3 Å². The highest BCUT2D eigenvalue weighted by molar-refractivity contribution is 6.33.